The number of carbonyl (C=O) groups excluding carboxylic acids is 1. The van der Waals surface area contributed by atoms with Crippen LogP contribution in [-0.4, -0.2) is 22.6 Å². The van der Waals surface area contributed by atoms with Crippen LogP contribution in [-0.2, 0) is 0 Å². The molecule has 0 aliphatic carbocycles. The topological polar surface area (TPSA) is 72.4 Å². The van der Waals surface area contributed by atoms with Gasteiger partial charge in [0, 0.05) is 13.2 Å². The molecule has 2 aromatic heterocycles. The number of rotatable bonds is 1. The smallest absolute Gasteiger partial charge is 0.257 e. The molecule has 0 saturated carbocycles. The van der Waals surface area contributed by atoms with Gasteiger partial charge >= 0.3 is 0 Å². The lowest BCUT2D eigenvalue weighted by molar-refractivity contribution is 0.0965. The van der Waals surface area contributed by atoms with Gasteiger partial charge in [-0.25, -0.2) is 4.52 Å². The van der Waals surface area contributed by atoms with Gasteiger partial charge in [-0.3, -0.25) is 4.79 Å². The van der Waals surface area contributed by atoms with Gasteiger partial charge in [-0.15, -0.1) is 5.10 Å². The number of nitrogen functional groups attached to an aromatic ring is 1. The molecule has 5 heteroatoms. The summed E-state index contributed by atoms with van der Waals surface area (Å²) in [5.74, 6) is 0.0271. The van der Waals surface area contributed by atoms with Crippen molar-refractivity contribution >= 4 is 17.2 Å². The quantitative estimate of drug-likeness (QED) is 0.678. The van der Waals surface area contributed by atoms with Gasteiger partial charge in [-0.1, -0.05) is 6.07 Å². The highest BCUT2D eigenvalue weighted by Gasteiger charge is 2.15. The van der Waals surface area contributed by atoms with E-state index in [0.29, 0.717) is 11.1 Å². The maximum atomic E-state index is 11.5. The average Bonchev–Trinajstić information content (AvgIpc) is 2.53. The number of amides is 1. The van der Waals surface area contributed by atoms with Crippen molar-refractivity contribution in [2.24, 2.45) is 0 Å². The Hall–Kier alpha value is -2.04. The zero-order valence-electron chi connectivity index (χ0n) is 7.69. The highest BCUT2D eigenvalue weighted by Crippen LogP contribution is 2.16. The molecule has 3 N–H and O–H groups in total. The molecule has 2 aromatic rings. The maximum absolute atomic E-state index is 11.5. The molecular weight excluding hydrogens is 180 g/mol. The third-order valence-electron chi connectivity index (χ3n) is 2.02. The van der Waals surface area contributed by atoms with Crippen molar-refractivity contribution in [2.45, 2.75) is 0 Å². The Morgan fingerprint density at radius 1 is 1.57 bits per heavy atom. The predicted octanol–water partition coefficient (Wildman–Crippen LogP) is 0.276. The number of nitrogens with one attached hydrogen (secondary N) is 1. The molecule has 2 heterocycles. The van der Waals surface area contributed by atoms with E-state index in [4.69, 9.17) is 5.73 Å². The van der Waals surface area contributed by atoms with Crippen LogP contribution in [0.25, 0.3) is 5.52 Å². The molecule has 0 fully saturated rings. The van der Waals surface area contributed by atoms with Crippen LogP contribution < -0.4 is 11.1 Å². The summed E-state index contributed by atoms with van der Waals surface area (Å²) in [6, 6.07) is 5.46. The molecule has 0 saturated heterocycles. The zero-order chi connectivity index (χ0) is 10.1. The summed E-state index contributed by atoms with van der Waals surface area (Å²) < 4.78 is 1.58. The lowest BCUT2D eigenvalue weighted by Crippen LogP contribution is -2.18. The number of anilines is 1. The molecule has 0 atom stereocenters. The first-order valence-corrected chi connectivity index (χ1v) is 4.19. The summed E-state index contributed by atoms with van der Waals surface area (Å²) in [6.07, 6.45) is 1.75. The molecule has 2 rings (SSSR count). The minimum absolute atomic E-state index is 0.219. The molecular formula is C9H10N4O. The van der Waals surface area contributed by atoms with Gasteiger partial charge in [-0.05, 0) is 12.1 Å². The van der Waals surface area contributed by atoms with E-state index in [-0.39, 0.29) is 11.7 Å². The number of hydrogen-bond acceptors (Lipinski definition) is 3. The molecule has 0 aliphatic heterocycles. The van der Waals surface area contributed by atoms with Gasteiger partial charge < -0.3 is 11.1 Å². The van der Waals surface area contributed by atoms with Crippen LogP contribution in [0, 0.1) is 0 Å². The van der Waals surface area contributed by atoms with E-state index >= 15 is 0 Å². The van der Waals surface area contributed by atoms with Gasteiger partial charge in [-0.2, -0.15) is 0 Å². The van der Waals surface area contributed by atoms with Gasteiger partial charge in [0.05, 0.1) is 5.52 Å². The van der Waals surface area contributed by atoms with Gasteiger partial charge in [0.25, 0.3) is 5.91 Å². The van der Waals surface area contributed by atoms with E-state index in [1.165, 1.54) is 0 Å². The minimum Gasteiger partial charge on any atom is -0.382 e. The number of hydrogen-bond donors (Lipinski definition) is 2. The first-order valence-electron chi connectivity index (χ1n) is 4.19. The maximum Gasteiger partial charge on any atom is 0.257 e. The normalized spacial score (nSPS) is 10.4. The van der Waals surface area contributed by atoms with Crippen molar-refractivity contribution in [1.82, 2.24) is 14.9 Å². The number of pyridine rings is 1. The average molecular weight is 190 g/mol. The fraction of sp³-hybridized carbons (Fsp3) is 0.111. The predicted molar refractivity (Wildman–Crippen MR) is 53.0 cm³/mol. The Morgan fingerprint density at radius 2 is 2.36 bits per heavy atom. The second-order valence-electron chi connectivity index (χ2n) is 2.87. The number of nitrogens with zero attached hydrogens (tertiary/aromatic N) is 2. The lowest BCUT2D eigenvalue weighted by Gasteiger charge is -1.97. The van der Waals surface area contributed by atoms with Crippen molar-refractivity contribution in [3.63, 3.8) is 0 Å². The van der Waals surface area contributed by atoms with Crippen LogP contribution in [0.1, 0.15) is 10.4 Å². The molecule has 72 valence electrons. The van der Waals surface area contributed by atoms with Crippen LogP contribution >= 0.6 is 0 Å². The Balaban J connectivity index is 2.74. The third kappa shape index (κ3) is 1.10. The molecule has 0 unspecified atom stereocenters. The first-order chi connectivity index (χ1) is 6.74. The second kappa shape index (κ2) is 3.02. The highest BCUT2D eigenvalue weighted by atomic mass is 16.1. The van der Waals surface area contributed by atoms with E-state index in [0.717, 1.165) is 0 Å². The fourth-order valence-corrected chi connectivity index (χ4v) is 1.37. The lowest BCUT2D eigenvalue weighted by atomic mass is 10.2. The zero-order valence-corrected chi connectivity index (χ0v) is 7.69. The summed E-state index contributed by atoms with van der Waals surface area (Å²) in [7, 11) is 1.56. The van der Waals surface area contributed by atoms with Crippen molar-refractivity contribution < 1.29 is 4.79 Å². The van der Waals surface area contributed by atoms with Gasteiger partial charge in [0.1, 0.15) is 5.56 Å². The minimum atomic E-state index is -0.219. The fourth-order valence-electron chi connectivity index (χ4n) is 1.37. The molecule has 14 heavy (non-hydrogen) atoms. The van der Waals surface area contributed by atoms with E-state index in [1.807, 2.05) is 12.1 Å². The van der Waals surface area contributed by atoms with Crippen molar-refractivity contribution in [3.8, 4) is 0 Å². The molecule has 1 amide bonds. The van der Waals surface area contributed by atoms with Crippen molar-refractivity contribution in [2.75, 3.05) is 12.8 Å². The number of carbonyl (C=O) groups is 1. The van der Waals surface area contributed by atoms with Crippen LogP contribution in [0.3, 0.4) is 0 Å². The molecule has 5 nitrogen and oxygen atoms in total. The van der Waals surface area contributed by atoms with E-state index < -0.39 is 0 Å². The van der Waals surface area contributed by atoms with E-state index in [9.17, 15) is 4.79 Å². The summed E-state index contributed by atoms with van der Waals surface area (Å²) in [5, 5.41) is 6.54. The Labute approximate surface area is 80.5 Å². The molecule has 0 bridgehead atoms. The van der Waals surface area contributed by atoms with Crippen LogP contribution in [0.15, 0.2) is 24.4 Å². The first kappa shape index (κ1) is 8.55. The standard InChI is InChI=1S/C9H10N4O/c1-11-9(14)7-6-4-2-3-5-13(6)12-8(7)10/h2-5H,1H3,(H2,10,12)(H,11,14). The Kier molecular flexibility index (Phi) is 1.85. The Bertz CT molecular complexity index is 489. The summed E-state index contributed by atoms with van der Waals surface area (Å²) in [4.78, 5) is 11.5. The largest absolute Gasteiger partial charge is 0.382 e. The van der Waals surface area contributed by atoms with Crippen LogP contribution in [0.2, 0.25) is 0 Å². The third-order valence-corrected chi connectivity index (χ3v) is 2.02. The Morgan fingerprint density at radius 3 is 3.07 bits per heavy atom. The van der Waals surface area contributed by atoms with Gasteiger partial charge in [0.15, 0.2) is 5.82 Å². The van der Waals surface area contributed by atoms with E-state index in [1.54, 1.807) is 23.8 Å². The van der Waals surface area contributed by atoms with Crippen molar-refractivity contribution in [1.29, 1.82) is 0 Å². The molecule has 0 aliphatic rings. The highest BCUT2D eigenvalue weighted by molar-refractivity contribution is 6.04. The summed E-state index contributed by atoms with van der Waals surface area (Å²) in [6.45, 7) is 0. The summed E-state index contributed by atoms with van der Waals surface area (Å²) >= 11 is 0. The molecule has 0 aromatic carbocycles. The number of aromatic nitrogens is 2. The van der Waals surface area contributed by atoms with E-state index in [2.05, 4.69) is 10.4 Å². The van der Waals surface area contributed by atoms with Crippen molar-refractivity contribution in [3.05, 3.63) is 30.0 Å². The molecule has 0 radical (unpaired) electrons. The monoisotopic (exact) mass is 190 g/mol. The summed E-state index contributed by atoms with van der Waals surface area (Å²) in [5.41, 5.74) is 6.77. The SMILES string of the molecule is CNC(=O)c1c(N)nn2ccccc12. The molecule has 0 spiro atoms. The second-order valence-corrected chi connectivity index (χ2v) is 2.87. The van der Waals surface area contributed by atoms with Crippen LogP contribution in [0.5, 0.6) is 0 Å². The van der Waals surface area contributed by atoms with Crippen LogP contribution in [0.4, 0.5) is 5.82 Å². The van der Waals surface area contributed by atoms with Gasteiger partial charge in [0.2, 0.25) is 0 Å². The number of nitrogens with two attached hydrogens (primary N) is 1. The number of fused-ring (bicyclic) bond motifs is 1.